The minimum absolute atomic E-state index is 0.737. The maximum atomic E-state index is 3.76. The smallest absolute Gasteiger partial charge is 0.00987 e. The zero-order chi connectivity index (χ0) is 13.5. The second-order valence-corrected chi connectivity index (χ2v) is 7.02. The van der Waals surface area contributed by atoms with Gasteiger partial charge in [0.2, 0.25) is 0 Å². The first kappa shape index (κ1) is 15.1. The standard InChI is InChI=1S/C17H29NS/c1-3-14-7-5-8-15(13-14)17(18-4-2)11-10-16-9-6-12-19-16/h6,9,12,14-15,17-18H,3-5,7-8,10-11,13H2,1-2H3. The van der Waals surface area contributed by atoms with Crippen LogP contribution in [0, 0.1) is 11.8 Å². The first-order chi connectivity index (χ1) is 9.33. The molecule has 1 aromatic rings. The molecule has 2 rings (SSSR count). The van der Waals surface area contributed by atoms with Crippen LogP contribution >= 0.6 is 11.3 Å². The van der Waals surface area contributed by atoms with Gasteiger partial charge in [-0.05, 0) is 55.5 Å². The zero-order valence-corrected chi connectivity index (χ0v) is 13.3. The Morgan fingerprint density at radius 3 is 2.95 bits per heavy atom. The average molecular weight is 279 g/mol. The van der Waals surface area contributed by atoms with Crippen molar-refractivity contribution >= 4 is 11.3 Å². The highest BCUT2D eigenvalue weighted by atomic mass is 32.1. The Morgan fingerprint density at radius 2 is 2.26 bits per heavy atom. The van der Waals surface area contributed by atoms with E-state index in [9.17, 15) is 0 Å². The van der Waals surface area contributed by atoms with E-state index in [1.54, 1.807) is 4.88 Å². The third-order valence-electron chi connectivity index (χ3n) is 4.72. The summed E-state index contributed by atoms with van der Waals surface area (Å²) >= 11 is 1.91. The monoisotopic (exact) mass is 279 g/mol. The molecule has 1 saturated carbocycles. The number of hydrogen-bond donors (Lipinski definition) is 1. The molecule has 1 fully saturated rings. The quantitative estimate of drug-likeness (QED) is 0.750. The summed E-state index contributed by atoms with van der Waals surface area (Å²) in [4.78, 5) is 1.55. The van der Waals surface area contributed by atoms with Crippen LogP contribution in [-0.4, -0.2) is 12.6 Å². The second kappa shape index (κ2) is 8.06. The van der Waals surface area contributed by atoms with Crippen LogP contribution in [0.5, 0.6) is 0 Å². The predicted molar refractivity (Wildman–Crippen MR) is 85.8 cm³/mol. The van der Waals surface area contributed by atoms with Gasteiger partial charge in [0.1, 0.15) is 0 Å². The fraction of sp³-hybridized carbons (Fsp3) is 0.765. The minimum atomic E-state index is 0.737. The molecule has 19 heavy (non-hydrogen) atoms. The Bertz CT molecular complexity index is 333. The summed E-state index contributed by atoms with van der Waals surface area (Å²) in [6, 6.07) is 5.20. The van der Waals surface area contributed by atoms with E-state index in [-0.39, 0.29) is 0 Å². The predicted octanol–water partition coefficient (Wildman–Crippen LogP) is 4.88. The van der Waals surface area contributed by atoms with E-state index in [0.29, 0.717) is 0 Å². The van der Waals surface area contributed by atoms with Crippen molar-refractivity contribution in [2.45, 2.75) is 64.8 Å². The fourth-order valence-electron chi connectivity index (χ4n) is 3.59. The van der Waals surface area contributed by atoms with Gasteiger partial charge in [0.05, 0.1) is 0 Å². The Labute approximate surface area is 122 Å². The van der Waals surface area contributed by atoms with Crippen LogP contribution in [0.15, 0.2) is 17.5 Å². The molecule has 0 aromatic carbocycles. The lowest BCUT2D eigenvalue weighted by atomic mass is 9.76. The number of nitrogens with one attached hydrogen (secondary N) is 1. The molecule has 1 aliphatic rings. The van der Waals surface area contributed by atoms with Crippen molar-refractivity contribution in [1.29, 1.82) is 0 Å². The van der Waals surface area contributed by atoms with Crippen molar-refractivity contribution in [3.05, 3.63) is 22.4 Å². The first-order valence-corrected chi connectivity index (χ1v) is 8.97. The summed E-state index contributed by atoms with van der Waals surface area (Å²) in [5.74, 6) is 1.90. The molecular formula is C17H29NS. The molecule has 0 saturated heterocycles. The molecular weight excluding hydrogens is 250 g/mol. The molecule has 0 spiro atoms. The summed E-state index contributed by atoms with van der Waals surface area (Å²) in [7, 11) is 0. The van der Waals surface area contributed by atoms with Gasteiger partial charge < -0.3 is 5.32 Å². The molecule has 3 unspecified atom stereocenters. The highest BCUT2D eigenvalue weighted by Crippen LogP contribution is 2.34. The highest BCUT2D eigenvalue weighted by molar-refractivity contribution is 7.09. The maximum Gasteiger partial charge on any atom is 0.00987 e. The lowest BCUT2D eigenvalue weighted by Gasteiger charge is -2.35. The van der Waals surface area contributed by atoms with E-state index >= 15 is 0 Å². The zero-order valence-electron chi connectivity index (χ0n) is 12.5. The van der Waals surface area contributed by atoms with E-state index < -0.39 is 0 Å². The Balaban J connectivity index is 1.87. The Hall–Kier alpha value is -0.340. The number of aryl methyl sites for hydroxylation is 1. The molecule has 0 radical (unpaired) electrons. The van der Waals surface area contributed by atoms with E-state index in [1.165, 1.54) is 44.9 Å². The van der Waals surface area contributed by atoms with Crippen LogP contribution in [0.3, 0.4) is 0 Å². The van der Waals surface area contributed by atoms with Gasteiger partial charge in [-0.15, -0.1) is 11.3 Å². The van der Waals surface area contributed by atoms with Gasteiger partial charge in [-0.25, -0.2) is 0 Å². The van der Waals surface area contributed by atoms with Crippen LogP contribution in [-0.2, 0) is 6.42 Å². The second-order valence-electron chi connectivity index (χ2n) is 5.98. The van der Waals surface area contributed by atoms with Gasteiger partial charge in [-0.1, -0.05) is 39.2 Å². The van der Waals surface area contributed by atoms with Gasteiger partial charge >= 0.3 is 0 Å². The molecule has 1 aliphatic carbocycles. The molecule has 2 heteroatoms. The highest BCUT2D eigenvalue weighted by Gasteiger charge is 2.27. The largest absolute Gasteiger partial charge is 0.314 e. The summed E-state index contributed by atoms with van der Waals surface area (Å²) < 4.78 is 0. The molecule has 1 nitrogen and oxygen atoms in total. The van der Waals surface area contributed by atoms with Crippen molar-refractivity contribution in [2.75, 3.05) is 6.54 Å². The lowest BCUT2D eigenvalue weighted by molar-refractivity contribution is 0.203. The number of rotatable bonds is 7. The van der Waals surface area contributed by atoms with Crippen LogP contribution in [0.2, 0.25) is 0 Å². The molecule has 1 heterocycles. The molecule has 108 valence electrons. The normalized spacial score (nSPS) is 25.4. The average Bonchev–Trinajstić information content (AvgIpc) is 2.97. The van der Waals surface area contributed by atoms with Crippen LogP contribution in [0.25, 0.3) is 0 Å². The van der Waals surface area contributed by atoms with E-state index in [2.05, 4.69) is 36.7 Å². The molecule has 0 aliphatic heterocycles. The molecule has 1 aromatic heterocycles. The van der Waals surface area contributed by atoms with Crippen molar-refractivity contribution < 1.29 is 0 Å². The van der Waals surface area contributed by atoms with Crippen molar-refractivity contribution in [3.8, 4) is 0 Å². The number of hydrogen-bond acceptors (Lipinski definition) is 2. The van der Waals surface area contributed by atoms with Crippen molar-refractivity contribution in [1.82, 2.24) is 5.32 Å². The molecule has 0 amide bonds. The SMILES string of the molecule is CCNC(CCc1cccs1)C1CCCC(CC)C1. The molecule has 3 atom stereocenters. The summed E-state index contributed by atoms with van der Waals surface area (Å²) in [6.07, 6.45) is 9.76. The minimum Gasteiger partial charge on any atom is -0.314 e. The third kappa shape index (κ3) is 4.61. The topological polar surface area (TPSA) is 12.0 Å². The van der Waals surface area contributed by atoms with E-state index in [1.807, 2.05) is 11.3 Å². The third-order valence-corrected chi connectivity index (χ3v) is 5.65. The number of thiophene rings is 1. The first-order valence-electron chi connectivity index (χ1n) is 8.09. The van der Waals surface area contributed by atoms with Crippen LogP contribution in [0.1, 0.15) is 57.2 Å². The summed E-state index contributed by atoms with van der Waals surface area (Å²) in [5.41, 5.74) is 0. The van der Waals surface area contributed by atoms with Crippen LogP contribution in [0.4, 0.5) is 0 Å². The maximum absolute atomic E-state index is 3.76. The van der Waals surface area contributed by atoms with E-state index in [4.69, 9.17) is 0 Å². The van der Waals surface area contributed by atoms with Crippen LogP contribution < -0.4 is 5.32 Å². The van der Waals surface area contributed by atoms with Gasteiger partial charge in [0, 0.05) is 10.9 Å². The van der Waals surface area contributed by atoms with Crippen molar-refractivity contribution in [2.24, 2.45) is 11.8 Å². The van der Waals surface area contributed by atoms with Gasteiger partial charge in [-0.2, -0.15) is 0 Å². The van der Waals surface area contributed by atoms with E-state index in [0.717, 1.165) is 24.4 Å². The summed E-state index contributed by atoms with van der Waals surface area (Å²) in [5, 5.41) is 5.96. The lowest BCUT2D eigenvalue weighted by Crippen LogP contribution is -2.38. The Kier molecular flexibility index (Phi) is 6.39. The Morgan fingerprint density at radius 1 is 1.37 bits per heavy atom. The van der Waals surface area contributed by atoms with Gasteiger partial charge in [0.15, 0.2) is 0 Å². The van der Waals surface area contributed by atoms with Gasteiger partial charge in [0.25, 0.3) is 0 Å². The molecule has 1 N–H and O–H groups in total. The van der Waals surface area contributed by atoms with Crippen molar-refractivity contribution in [3.63, 3.8) is 0 Å². The summed E-state index contributed by atoms with van der Waals surface area (Å²) in [6.45, 7) is 5.72. The molecule has 0 bridgehead atoms. The fourth-order valence-corrected chi connectivity index (χ4v) is 4.31. The van der Waals surface area contributed by atoms with Gasteiger partial charge in [-0.3, -0.25) is 0 Å².